The van der Waals surface area contributed by atoms with E-state index in [1.807, 2.05) is 13.8 Å². The van der Waals surface area contributed by atoms with Crippen LogP contribution in [0.3, 0.4) is 0 Å². The summed E-state index contributed by atoms with van der Waals surface area (Å²) in [5.41, 5.74) is 1.19. The van der Waals surface area contributed by atoms with Gasteiger partial charge in [0.25, 0.3) is 5.69 Å². The number of hydrogen-bond donors (Lipinski definition) is 2. The van der Waals surface area contributed by atoms with E-state index in [0.717, 1.165) is 18.5 Å². The molecule has 1 aromatic rings. The Morgan fingerprint density at radius 2 is 1.94 bits per heavy atom. The second-order valence-electron chi connectivity index (χ2n) is 4.58. The van der Waals surface area contributed by atoms with Gasteiger partial charge in [-0.1, -0.05) is 19.1 Å². The maximum atomic E-state index is 10.5. The topological polar surface area (TPSA) is 75.4 Å². The summed E-state index contributed by atoms with van der Waals surface area (Å²) < 4.78 is 0. The molecule has 2 unspecified atom stereocenters. The Balaban J connectivity index is 2.38. The van der Waals surface area contributed by atoms with Gasteiger partial charge in [0.1, 0.15) is 0 Å². The number of non-ortho nitro benzene ring substituents is 1. The van der Waals surface area contributed by atoms with Gasteiger partial charge in [-0.05, 0) is 31.4 Å². The highest BCUT2D eigenvalue weighted by molar-refractivity contribution is 5.32. The summed E-state index contributed by atoms with van der Waals surface area (Å²) in [7, 11) is 0. The molecule has 0 saturated heterocycles. The van der Waals surface area contributed by atoms with Crippen LogP contribution in [0.15, 0.2) is 24.3 Å². The second kappa shape index (κ2) is 7.08. The number of rotatable bonds is 7. The largest absolute Gasteiger partial charge is 0.396 e. The molecule has 0 aliphatic carbocycles. The number of benzene rings is 1. The van der Waals surface area contributed by atoms with E-state index < -0.39 is 4.92 Å². The van der Waals surface area contributed by atoms with Crippen molar-refractivity contribution < 1.29 is 10.0 Å². The predicted octanol–water partition coefficient (Wildman–Crippen LogP) is 1.74. The van der Waals surface area contributed by atoms with E-state index in [1.54, 1.807) is 12.1 Å². The van der Waals surface area contributed by atoms with Crippen LogP contribution in [0.2, 0.25) is 0 Å². The number of aliphatic hydroxyl groups excluding tert-OH is 1. The van der Waals surface area contributed by atoms with E-state index in [-0.39, 0.29) is 24.3 Å². The first-order valence-electron chi connectivity index (χ1n) is 6.12. The Kier molecular flexibility index (Phi) is 5.74. The molecule has 1 rings (SSSR count). The molecule has 5 heteroatoms. The van der Waals surface area contributed by atoms with Crippen molar-refractivity contribution in [2.24, 2.45) is 5.92 Å². The average molecular weight is 252 g/mol. The van der Waals surface area contributed by atoms with Gasteiger partial charge >= 0.3 is 0 Å². The second-order valence-corrected chi connectivity index (χ2v) is 4.58. The number of nitro benzene ring substituents is 1. The van der Waals surface area contributed by atoms with Gasteiger partial charge in [0.05, 0.1) is 4.92 Å². The SMILES string of the molecule is CC(CO)C(C)NCCc1ccc([N+](=O)[O-])cc1. The maximum absolute atomic E-state index is 10.5. The normalized spacial score (nSPS) is 14.2. The molecule has 0 aliphatic rings. The fourth-order valence-corrected chi connectivity index (χ4v) is 1.59. The lowest BCUT2D eigenvalue weighted by Gasteiger charge is -2.19. The quantitative estimate of drug-likeness (QED) is 0.572. The van der Waals surface area contributed by atoms with Crippen LogP contribution in [0.5, 0.6) is 0 Å². The molecular formula is C13H20N2O3. The lowest BCUT2D eigenvalue weighted by molar-refractivity contribution is -0.384. The highest BCUT2D eigenvalue weighted by Crippen LogP contribution is 2.12. The molecule has 0 spiro atoms. The van der Waals surface area contributed by atoms with Gasteiger partial charge < -0.3 is 10.4 Å². The third-order valence-corrected chi connectivity index (χ3v) is 3.17. The van der Waals surface area contributed by atoms with Crippen molar-refractivity contribution in [3.8, 4) is 0 Å². The summed E-state index contributed by atoms with van der Waals surface area (Å²) in [4.78, 5) is 10.1. The smallest absolute Gasteiger partial charge is 0.269 e. The van der Waals surface area contributed by atoms with E-state index in [2.05, 4.69) is 5.32 Å². The van der Waals surface area contributed by atoms with Gasteiger partial charge in [0.2, 0.25) is 0 Å². The van der Waals surface area contributed by atoms with Gasteiger partial charge in [-0.2, -0.15) is 0 Å². The van der Waals surface area contributed by atoms with E-state index in [9.17, 15) is 10.1 Å². The van der Waals surface area contributed by atoms with Crippen LogP contribution in [-0.2, 0) is 6.42 Å². The van der Waals surface area contributed by atoms with Crippen LogP contribution in [-0.4, -0.2) is 29.2 Å². The maximum Gasteiger partial charge on any atom is 0.269 e. The third kappa shape index (κ3) is 4.43. The van der Waals surface area contributed by atoms with Crippen molar-refractivity contribution in [2.45, 2.75) is 26.3 Å². The third-order valence-electron chi connectivity index (χ3n) is 3.17. The van der Waals surface area contributed by atoms with Gasteiger partial charge in [0.15, 0.2) is 0 Å². The molecule has 0 bridgehead atoms. The Hall–Kier alpha value is -1.46. The summed E-state index contributed by atoms with van der Waals surface area (Å²) in [5.74, 6) is 0.224. The van der Waals surface area contributed by atoms with Crippen LogP contribution in [0, 0.1) is 16.0 Å². The van der Waals surface area contributed by atoms with Crippen LogP contribution in [0.1, 0.15) is 19.4 Å². The van der Waals surface area contributed by atoms with Crippen LogP contribution in [0.25, 0.3) is 0 Å². The molecular weight excluding hydrogens is 232 g/mol. The molecule has 2 atom stereocenters. The first kappa shape index (κ1) is 14.6. The fourth-order valence-electron chi connectivity index (χ4n) is 1.59. The van der Waals surface area contributed by atoms with Gasteiger partial charge in [-0.3, -0.25) is 10.1 Å². The van der Waals surface area contributed by atoms with Crippen molar-refractivity contribution >= 4 is 5.69 Å². The lowest BCUT2D eigenvalue weighted by atomic mass is 10.0. The Morgan fingerprint density at radius 1 is 1.33 bits per heavy atom. The van der Waals surface area contributed by atoms with E-state index in [4.69, 9.17) is 5.11 Å². The zero-order valence-electron chi connectivity index (χ0n) is 10.8. The minimum atomic E-state index is -0.396. The monoisotopic (exact) mass is 252 g/mol. The summed E-state index contributed by atoms with van der Waals surface area (Å²) >= 11 is 0. The van der Waals surface area contributed by atoms with Crippen molar-refractivity contribution in [3.63, 3.8) is 0 Å². The predicted molar refractivity (Wildman–Crippen MR) is 70.5 cm³/mol. The molecule has 5 nitrogen and oxygen atoms in total. The number of nitrogens with zero attached hydrogens (tertiary/aromatic N) is 1. The molecule has 0 aliphatic heterocycles. The molecule has 0 amide bonds. The van der Waals surface area contributed by atoms with Crippen LogP contribution >= 0.6 is 0 Å². The summed E-state index contributed by atoms with van der Waals surface area (Å²) in [5, 5.41) is 22.8. The number of nitrogens with one attached hydrogen (secondary N) is 1. The molecule has 0 saturated carbocycles. The molecule has 0 fully saturated rings. The zero-order chi connectivity index (χ0) is 13.5. The Labute approximate surface area is 107 Å². The minimum Gasteiger partial charge on any atom is -0.396 e. The lowest BCUT2D eigenvalue weighted by Crippen LogP contribution is -2.35. The molecule has 1 aromatic carbocycles. The number of nitro groups is 1. The summed E-state index contributed by atoms with van der Waals surface area (Å²) in [6, 6.07) is 6.86. The first-order chi connectivity index (χ1) is 8.54. The van der Waals surface area contributed by atoms with E-state index in [0.29, 0.717) is 0 Å². The Morgan fingerprint density at radius 3 is 2.44 bits per heavy atom. The number of aliphatic hydroxyl groups is 1. The summed E-state index contributed by atoms with van der Waals surface area (Å²) in [6.07, 6.45) is 0.820. The average Bonchev–Trinajstić information content (AvgIpc) is 2.38. The van der Waals surface area contributed by atoms with Crippen molar-refractivity contribution in [1.82, 2.24) is 5.32 Å². The summed E-state index contributed by atoms with van der Waals surface area (Å²) in [6.45, 7) is 5.00. The highest BCUT2D eigenvalue weighted by Gasteiger charge is 2.09. The molecule has 0 radical (unpaired) electrons. The van der Waals surface area contributed by atoms with Crippen LogP contribution in [0.4, 0.5) is 5.69 Å². The molecule has 2 N–H and O–H groups in total. The molecule has 100 valence electrons. The number of hydrogen-bond acceptors (Lipinski definition) is 4. The van der Waals surface area contributed by atoms with Gasteiger partial charge in [-0.25, -0.2) is 0 Å². The van der Waals surface area contributed by atoms with Gasteiger partial charge in [-0.15, -0.1) is 0 Å². The van der Waals surface area contributed by atoms with Crippen LogP contribution < -0.4 is 5.32 Å². The molecule has 18 heavy (non-hydrogen) atoms. The minimum absolute atomic E-state index is 0.119. The van der Waals surface area contributed by atoms with E-state index >= 15 is 0 Å². The zero-order valence-corrected chi connectivity index (χ0v) is 10.8. The van der Waals surface area contributed by atoms with Gasteiger partial charge in [0, 0.05) is 24.8 Å². The fraction of sp³-hybridized carbons (Fsp3) is 0.538. The van der Waals surface area contributed by atoms with Crippen molar-refractivity contribution in [1.29, 1.82) is 0 Å². The first-order valence-corrected chi connectivity index (χ1v) is 6.12. The van der Waals surface area contributed by atoms with E-state index in [1.165, 1.54) is 12.1 Å². The highest BCUT2D eigenvalue weighted by atomic mass is 16.6. The Bertz CT molecular complexity index is 378. The standard InChI is InChI=1S/C13H20N2O3/c1-10(9-16)11(2)14-8-7-12-3-5-13(6-4-12)15(17)18/h3-6,10-11,14,16H,7-9H2,1-2H3. The molecule has 0 heterocycles. The molecule has 0 aromatic heterocycles. The van der Waals surface area contributed by atoms with Crippen molar-refractivity contribution in [2.75, 3.05) is 13.2 Å². The van der Waals surface area contributed by atoms with Crippen molar-refractivity contribution in [3.05, 3.63) is 39.9 Å².